The average molecular weight is 177 g/mol. The summed E-state index contributed by atoms with van der Waals surface area (Å²) in [5, 5.41) is 0. The van der Waals surface area contributed by atoms with E-state index in [9.17, 15) is 4.79 Å². The van der Waals surface area contributed by atoms with E-state index in [1.807, 2.05) is 26.0 Å². The van der Waals surface area contributed by atoms with Crippen LogP contribution < -0.4 is 5.73 Å². The summed E-state index contributed by atoms with van der Waals surface area (Å²) in [6, 6.07) is 3.95. The van der Waals surface area contributed by atoms with Crippen molar-refractivity contribution in [2.45, 2.75) is 27.2 Å². The van der Waals surface area contributed by atoms with Crippen molar-refractivity contribution in [3.05, 3.63) is 28.8 Å². The largest absolute Gasteiger partial charge is 0.398 e. The van der Waals surface area contributed by atoms with E-state index in [4.69, 9.17) is 5.73 Å². The Morgan fingerprint density at radius 1 is 1.31 bits per heavy atom. The summed E-state index contributed by atoms with van der Waals surface area (Å²) >= 11 is 0. The zero-order valence-electron chi connectivity index (χ0n) is 8.35. The lowest BCUT2D eigenvalue weighted by molar-refractivity contribution is -0.116. The summed E-state index contributed by atoms with van der Waals surface area (Å²) in [5.41, 5.74) is 9.78. The summed E-state index contributed by atoms with van der Waals surface area (Å²) in [6.07, 6.45) is 0.502. The molecular weight excluding hydrogens is 162 g/mol. The molecule has 0 heterocycles. The maximum atomic E-state index is 10.9. The van der Waals surface area contributed by atoms with Gasteiger partial charge in [-0.05, 0) is 37.5 Å². The SMILES string of the molecule is CC(=O)Cc1cc(C)c(N)c(C)c1. The third kappa shape index (κ3) is 2.31. The van der Waals surface area contributed by atoms with Crippen molar-refractivity contribution < 1.29 is 4.79 Å². The molecule has 0 atom stereocenters. The second kappa shape index (κ2) is 3.60. The molecule has 0 saturated carbocycles. The van der Waals surface area contributed by atoms with Gasteiger partial charge in [0.25, 0.3) is 0 Å². The highest BCUT2D eigenvalue weighted by molar-refractivity contribution is 5.78. The predicted octanol–water partition coefficient (Wildman–Crippen LogP) is 2.02. The highest BCUT2D eigenvalue weighted by Crippen LogP contribution is 2.18. The van der Waals surface area contributed by atoms with Crippen molar-refractivity contribution in [3.63, 3.8) is 0 Å². The number of rotatable bonds is 2. The number of hydrogen-bond donors (Lipinski definition) is 1. The molecule has 0 bridgehead atoms. The van der Waals surface area contributed by atoms with Gasteiger partial charge in [-0.3, -0.25) is 4.79 Å². The minimum Gasteiger partial charge on any atom is -0.398 e. The molecule has 70 valence electrons. The van der Waals surface area contributed by atoms with Crippen molar-refractivity contribution in [1.82, 2.24) is 0 Å². The summed E-state index contributed by atoms with van der Waals surface area (Å²) in [6.45, 7) is 5.53. The van der Waals surface area contributed by atoms with Gasteiger partial charge in [0.1, 0.15) is 5.78 Å². The molecule has 0 saturated heterocycles. The topological polar surface area (TPSA) is 43.1 Å². The van der Waals surface area contributed by atoms with E-state index >= 15 is 0 Å². The summed E-state index contributed by atoms with van der Waals surface area (Å²) in [4.78, 5) is 10.9. The second-order valence-electron chi connectivity index (χ2n) is 3.52. The first-order valence-corrected chi connectivity index (χ1v) is 4.35. The lowest BCUT2D eigenvalue weighted by atomic mass is 10.0. The van der Waals surface area contributed by atoms with Crippen molar-refractivity contribution in [3.8, 4) is 0 Å². The van der Waals surface area contributed by atoms with Crippen LogP contribution in [0.5, 0.6) is 0 Å². The minimum atomic E-state index is 0.184. The molecule has 0 fully saturated rings. The highest BCUT2D eigenvalue weighted by atomic mass is 16.1. The van der Waals surface area contributed by atoms with E-state index in [-0.39, 0.29) is 5.78 Å². The zero-order chi connectivity index (χ0) is 10.0. The molecule has 2 nitrogen and oxygen atoms in total. The first-order valence-electron chi connectivity index (χ1n) is 4.35. The highest BCUT2D eigenvalue weighted by Gasteiger charge is 2.03. The Morgan fingerprint density at radius 3 is 2.15 bits per heavy atom. The summed E-state index contributed by atoms with van der Waals surface area (Å²) in [7, 11) is 0. The van der Waals surface area contributed by atoms with Gasteiger partial charge in [0.2, 0.25) is 0 Å². The minimum absolute atomic E-state index is 0.184. The molecule has 0 unspecified atom stereocenters. The number of aryl methyl sites for hydroxylation is 2. The van der Waals surface area contributed by atoms with E-state index in [2.05, 4.69) is 0 Å². The molecule has 2 heteroatoms. The Labute approximate surface area is 78.8 Å². The van der Waals surface area contributed by atoms with Crippen LogP contribution in [0, 0.1) is 13.8 Å². The Bertz CT molecular complexity index is 319. The number of ketones is 1. The number of carbonyl (C=O) groups is 1. The molecule has 0 aliphatic carbocycles. The molecule has 0 radical (unpaired) electrons. The first-order chi connectivity index (χ1) is 6.00. The van der Waals surface area contributed by atoms with Crippen LogP contribution in [0.4, 0.5) is 5.69 Å². The average Bonchev–Trinajstić information content (AvgIpc) is 1.98. The number of benzene rings is 1. The molecule has 1 aromatic rings. The van der Waals surface area contributed by atoms with E-state index in [0.717, 1.165) is 22.4 Å². The molecule has 0 amide bonds. The van der Waals surface area contributed by atoms with Crippen LogP contribution >= 0.6 is 0 Å². The van der Waals surface area contributed by atoms with E-state index in [1.165, 1.54) is 0 Å². The van der Waals surface area contributed by atoms with E-state index in [1.54, 1.807) is 6.92 Å². The second-order valence-corrected chi connectivity index (χ2v) is 3.52. The van der Waals surface area contributed by atoms with Gasteiger partial charge in [-0.25, -0.2) is 0 Å². The van der Waals surface area contributed by atoms with Crippen LogP contribution in [0.1, 0.15) is 23.6 Å². The number of Topliss-reactive ketones (excluding diaryl/α,β-unsaturated/α-hetero) is 1. The van der Waals surface area contributed by atoms with Crippen LogP contribution in [0.3, 0.4) is 0 Å². The van der Waals surface area contributed by atoms with Gasteiger partial charge >= 0.3 is 0 Å². The molecular formula is C11H15NO. The third-order valence-electron chi connectivity index (χ3n) is 2.11. The van der Waals surface area contributed by atoms with Gasteiger partial charge < -0.3 is 5.73 Å². The lowest BCUT2D eigenvalue weighted by Gasteiger charge is -2.07. The molecule has 1 rings (SSSR count). The molecule has 2 N–H and O–H groups in total. The van der Waals surface area contributed by atoms with Gasteiger partial charge in [-0.15, -0.1) is 0 Å². The molecule has 0 spiro atoms. The fourth-order valence-electron chi connectivity index (χ4n) is 1.45. The molecule has 1 aromatic carbocycles. The number of nitrogen functional groups attached to an aromatic ring is 1. The normalized spacial score (nSPS) is 10.1. The van der Waals surface area contributed by atoms with Crippen molar-refractivity contribution in [1.29, 1.82) is 0 Å². The quantitative estimate of drug-likeness (QED) is 0.702. The van der Waals surface area contributed by atoms with Crippen molar-refractivity contribution >= 4 is 11.5 Å². The predicted molar refractivity (Wildman–Crippen MR) is 54.7 cm³/mol. The standard InChI is InChI=1S/C11H15NO/c1-7-4-10(6-9(3)13)5-8(2)11(7)12/h4-5H,6,12H2,1-3H3. The van der Waals surface area contributed by atoms with E-state index < -0.39 is 0 Å². The van der Waals surface area contributed by atoms with Gasteiger partial charge in [0.05, 0.1) is 0 Å². The zero-order valence-corrected chi connectivity index (χ0v) is 8.35. The Morgan fingerprint density at radius 2 is 1.77 bits per heavy atom. The molecule has 13 heavy (non-hydrogen) atoms. The fraction of sp³-hybridized carbons (Fsp3) is 0.364. The Balaban J connectivity index is 3.06. The molecule has 0 aliphatic heterocycles. The lowest BCUT2D eigenvalue weighted by Crippen LogP contribution is -2.00. The maximum Gasteiger partial charge on any atom is 0.134 e. The van der Waals surface area contributed by atoms with Crippen molar-refractivity contribution in [2.24, 2.45) is 0 Å². The third-order valence-corrected chi connectivity index (χ3v) is 2.11. The number of hydrogen-bond acceptors (Lipinski definition) is 2. The van der Waals surface area contributed by atoms with Crippen LogP contribution in [-0.4, -0.2) is 5.78 Å². The van der Waals surface area contributed by atoms with Crippen molar-refractivity contribution in [2.75, 3.05) is 5.73 Å². The Hall–Kier alpha value is -1.31. The van der Waals surface area contributed by atoms with E-state index in [0.29, 0.717) is 6.42 Å². The number of nitrogens with two attached hydrogens (primary N) is 1. The Kier molecular flexibility index (Phi) is 2.71. The summed E-state index contributed by atoms with van der Waals surface area (Å²) < 4.78 is 0. The van der Waals surface area contributed by atoms with Crippen LogP contribution in [0.15, 0.2) is 12.1 Å². The van der Waals surface area contributed by atoms with Crippen LogP contribution in [0.2, 0.25) is 0 Å². The molecule has 0 aromatic heterocycles. The summed E-state index contributed by atoms with van der Waals surface area (Å²) in [5.74, 6) is 0.184. The first kappa shape index (κ1) is 9.78. The van der Waals surface area contributed by atoms with Gasteiger partial charge in [-0.1, -0.05) is 12.1 Å². The number of anilines is 1. The maximum absolute atomic E-state index is 10.9. The van der Waals surface area contributed by atoms with Crippen LogP contribution in [-0.2, 0) is 11.2 Å². The fourth-order valence-corrected chi connectivity index (χ4v) is 1.45. The smallest absolute Gasteiger partial charge is 0.134 e. The van der Waals surface area contributed by atoms with Gasteiger partial charge in [-0.2, -0.15) is 0 Å². The van der Waals surface area contributed by atoms with Gasteiger partial charge in [0.15, 0.2) is 0 Å². The van der Waals surface area contributed by atoms with Crippen LogP contribution in [0.25, 0.3) is 0 Å². The molecule has 0 aliphatic rings. The number of carbonyl (C=O) groups excluding carboxylic acids is 1. The monoisotopic (exact) mass is 177 g/mol. The van der Waals surface area contributed by atoms with Gasteiger partial charge in [0, 0.05) is 12.1 Å².